The smallest absolute Gasteiger partial charge is 0.198 e. The summed E-state index contributed by atoms with van der Waals surface area (Å²) >= 11 is 0. The highest BCUT2D eigenvalue weighted by Crippen LogP contribution is 2.69. The van der Waals surface area contributed by atoms with E-state index in [-0.39, 0.29) is 30.1 Å². The Kier molecular flexibility index (Phi) is 3.91. The summed E-state index contributed by atoms with van der Waals surface area (Å²) in [6, 6.07) is 0. The summed E-state index contributed by atoms with van der Waals surface area (Å²) in [5, 5.41) is 11.0. The van der Waals surface area contributed by atoms with Crippen molar-refractivity contribution in [1.82, 2.24) is 0 Å². The third kappa shape index (κ3) is 2.13. The van der Waals surface area contributed by atoms with Gasteiger partial charge in [-0.2, -0.15) is 0 Å². The second-order valence-electron chi connectivity index (χ2n) is 9.10. The van der Waals surface area contributed by atoms with E-state index in [0.29, 0.717) is 19.1 Å². The predicted molar refractivity (Wildman–Crippen MR) is 93.2 cm³/mol. The van der Waals surface area contributed by atoms with Gasteiger partial charge in [-0.15, -0.1) is 0 Å². The number of rotatable bonds is 2. The Bertz CT molecular complexity index is 789. The summed E-state index contributed by atoms with van der Waals surface area (Å²) in [4.78, 5) is 35.0. The fourth-order valence-corrected chi connectivity index (χ4v) is 6.75. The van der Waals surface area contributed by atoms with Crippen LogP contribution in [0.25, 0.3) is 0 Å². The molecule has 0 aromatic carbocycles. The maximum atomic E-state index is 16.7. The van der Waals surface area contributed by atoms with E-state index in [0.717, 1.165) is 6.08 Å². The molecule has 8 atom stereocenters. The van der Waals surface area contributed by atoms with Crippen LogP contribution >= 0.6 is 0 Å². The van der Waals surface area contributed by atoms with Gasteiger partial charge in [-0.1, -0.05) is 13.0 Å². The zero-order valence-electron chi connectivity index (χ0n) is 15.5. The molecule has 6 heteroatoms. The van der Waals surface area contributed by atoms with E-state index >= 15 is 8.78 Å². The summed E-state index contributed by atoms with van der Waals surface area (Å²) < 4.78 is 31.8. The van der Waals surface area contributed by atoms with Crippen molar-refractivity contribution in [3.8, 4) is 0 Å². The Morgan fingerprint density at radius 1 is 1.30 bits per heavy atom. The number of aldehydes is 1. The van der Waals surface area contributed by atoms with Gasteiger partial charge in [-0.25, -0.2) is 8.78 Å². The van der Waals surface area contributed by atoms with E-state index < -0.39 is 46.4 Å². The Hall–Kier alpha value is -1.69. The molecular formula is C21H24F2O4. The van der Waals surface area contributed by atoms with E-state index in [1.807, 2.05) is 6.92 Å². The van der Waals surface area contributed by atoms with Gasteiger partial charge in [0.2, 0.25) is 0 Å². The molecule has 0 aliphatic heterocycles. The minimum Gasteiger partial charge on any atom is -0.390 e. The molecule has 4 aliphatic rings. The zero-order valence-corrected chi connectivity index (χ0v) is 15.5. The Morgan fingerprint density at radius 2 is 2.00 bits per heavy atom. The lowest BCUT2D eigenvalue weighted by Gasteiger charge is -2.62. The molecule has 0 aromatic heterocycles. The number of alkyl halides is 2. The van der Waals surface area contributed by atoms with E-state index in [1.54, 1.807) is 6.92 Å². The Labute approximate surface area is 156 Å². The maximum absolute atomic E-state index is 16.7. The minimum absolute atomic E-state index is 0.0382. The lowest BCUT2D eigenvalue weighted by Crippen LogP contribution is -2.68. The van der Waals surface area contributed by atoms with Gasteiger partial charge in [0.15, 0.2) is 23.5 Å². The quantitative estimate of drug-likeness (QED) is 0.592. The van der Waals surface area contributed by atoms with Crippen LogP contribution in [0.1, 0.15) is 39.5 Å². The standard InChI is InChI=1S/C21H24F2O4/c1-19-9-18(27)21(23)14(12(19)3-4-13(19)17(26)10-24)8-16(22)15-7-11(25)5-6-20(15,21)2/h5-7,10,12-14,16,18,27H,3-4,8-9H2,1-2H3/t12?,13?,14?,16-,18-,19-,20-,21-/m0/s1. The van der Waals surface area contributed by atoms with Gasteiger partial charge in [0.25, 0.3) is 0 Å². The Balaban J connectivity index is 1.82. The molecule has 0 radical (unpaired) electrons. The second kappa shape index (κ2) is 5.66. The topological polar surface area (TPSA) is 71.4 Å². The van der Waals surface area contributed by atoms with E-state index in [1.165, 1.54) is 12.2 Å². The van der Waals surface area contributed by atoms with Gasteiger partial charge in [-0.05, 0) is 61.7 Å². The largest absolute Gasteiger partial charge is 0.390 e. The maximum Gasteiger partial charge on any atom is 0.198 e. The summed E-state index contributed by atoms with van der Waals surface area (Å²) in [5.41, 5.74) is -4.17. The molecule has 4 aliphatic carbocycles. The summed E-state index contributed by atoms with van der Waals surface area (Å²) in [7, 11) is 0. The van der Waals surface area contributed by atoms with Crippen molar-refractivity contribution in [2.45, 2.75) is 57.5 Å². The van der Waals surface area contributed by atoms with Gasteiger partial charge in [0.05, 0.1) is 6.10 Å². The molecule has 1 N–H and O–H groups in total. The molecule has 0 spiro atoms. The van der Waals surface area contributed by atoms with Crippen molar-refractivity contribution in [1.29, 1.82) is 0 Å². The van der Waals surface area contributed by atoms with Crippen molar-refractivity contribution < 1.29 is 28.3 Å². The van der Waals surface area contributed by atoms with Crippen LogP contribution in [-0.2, 0) is 14.4 Å². The molecule has 0 saturated heterocycles. The van der Waals surface area contributed by atoms with Crippen LogP contribution in [0.2, 0.25) is 0 Å². The second-order valence-corrected chi connectivity index (χ2v) is 9.10. The first kappa shape index (κ1) is 18.7. The molecule has 3 unspecified atom stereocenters. The number of aliphatic hydroxyl groups is 1. The van der Waals surface area contributed by atoms with Crippen LogP contribution < -0.4 is 0 Å². The first-order valence-corrected chi connectivity index (χ1v) is 9.55. The first-order valence-electron chi connectivity index (χ1n) is 9.55. The number of hydrogen-bond donors (Lipinski definition) is 1. The third-order valence-corrected chi connectivity index (χ3v) is 8.09. The highest BCUT2D eigenvalue weighted by Gasteiger charge is 2.72. The minimum atomic E-state index is -2.12. The number of carbonyl (C=O) groups excluding carboxylic acids is 3. The number of hydrogen-bond acceptors (Lipinski definition) is 4. The number of aliphatic hydroxyl groups excluding tert-OH is 1. The molecule has 0 bridgehead atoms. The number of Topliss-reactive ketones (excluding diaryl/α,β-unsaturated/α-hetero) is 1. The van der Waals surface area contributed by atoms with Gasteiger partial charge >= 0.3 is 0 Å². The van der Waals surface area contributed by atoms with E-state index in [9.17, 15) is 19.5 Å². The van der Waals surface area contributed by atoms with Crippen LogP contribution in [0.4, 0.5) is 8.78 Å². The van der Waals surface area contributed by atoms with Crippen LogP contribution in [0.5, 0.6) is 0 Å². The van der Waals surface area contributed by atoms with Crippen molar-refractivity contribution in [3.05, 3.63) is 23.8 Å². The average Bonchev–Trinajstić information content (AvgIpc) is 2.95. The molecule has 4 nitrogen and oxygen atoms in total. The van der Waals surface area contributed by atoms with Crippen LogP contribution in [0.3, 0.4) is 0 Å². The summed E-state index contributed by atoms with van der Waals surface area (Å²) in [5.74, 6) is -2.56. The number of carbonyl (C=O) groups is 3. The first-order chi connectivity index (χ1) is 12.6. The fourth-order valence-electron chi connectivity index (χ4n) is 6.75. The molecule has 146 valence electrons. The van der Waals surface area contributed by atoms with Crippen LogP contribution in [0, 0.1) is 28.6 Å². The van der Waals surface area contributed by atoms with E-state index in [2.05, 4.69) is 0 Å². The van der Waals surface area contributed by atoms with Gasteiger partial charge in [-0.3, -0.25) is 14.4 Å². The van der Waals surface area contributed by atoms with Crippen molar-refractivity contribution in [3.63, 3.8) is 0 Å². The highest BCUT2D eigenvalue weighted by atomic mass is 19.1. The van der Waals surface area contributed by atoms with Gasteiger partial charge in [0, 0.05) is 17.3 Å². The summed E-state index contributed by atoms with van der Waals surface area (Å²) in [6.07, 6.45) is 2.10. The molecule has 0 amide bonds. The molecule has 0 heterocycles. The van der Waals surface area contributed by atoms with Gasteiger partial charge < -0.3 is 5.11 Å². The number of allylic oxidation sites excluding steroid dienone is 4. The molecule has 27 heavy (non-hydrogen) atoms. The van der Waals surface area contributed by atoms with Gasteiger partial charge in [0.1, 0.15) is 6.17 Å². The van der Waals surface area contributed by atoms with Crippen molar-refractivity contribution in [2.75, 3.05) is 0 Å². The fraction of sp³-hybridized carbons (Fsp3) is 0.667. The summed E-state index contributed by atoms with van der Waals surface area (Å²) in [6.45, 7) is 3.37. The predicted octanol–water partition coefficient (Wildman–Crippen LogP) is 2.69. The molecule has 4 rings (SSSR count). The van der Waals surface area contributed by atoms with Crippen LogP contribution in [0.15, 0.2) is 23.8 Å². The third-order valence-electron chi connectivity index (χ3n) is 8.09. The monoisotopic (exact) mass is 378 g/mol. The normalized spacial score (nSPS) is 51.1. The molecule has 0 aromatic rings. The number of fused-ring (bicyclic) bond motifs is 5. The number of ketones is 2. The zero-order chi connectivity index (χ0) is 19.8. The Morgan fingerprint density at radius 3 is 2.67 bits per heavy atom. The lowest BCUT2D eigenvalue weighted by atomic mass is 9.45. The molecule has 3 fully saturated rings. The average molecular weight is 378 g/mol. The van der Waals surface area contributed by atoms with E-state index in [4.69, 9.17) is 0 Å². The molecular weight excluding hydrogens is 354 g/mol. The van der Waals surface area contributed by atoms with Crippen LogP contribution in [-0.4, -0.2) is 40.9 Å². The highest BCUT2D eigenvalue weighted by molar-refractivity contribution is 6.26. The van der Waals surface area contributed by atoms with Crippen molar-refractivity contribution >= 4 is 17.9 Å². The SMILES string of the molecule is C[C@]12C[C@H](O)[C@@]3(F)C(C[C@H](F)C4=CC(=O)C=C[C@@]43C)C1CCC2C(=O)C=O. The molecule has 3 saturated carbocycles. The lowest BCUT2D eigenvalue weighted by molar-refractivity contribution is -0.201. The van der Waals surface area contributed by atoms with Crippen molar-refractivity contribution in [2.24, 2.45) is 28.6 Å². The number of halogens is 2.